The average molecular weight is 410 g/mol. The van der Waals surface area contributed by atoms with Crippen molar-refractivity contribution in [2.45, 2.75) is 25.1 Å². The first-order valence-corrected chi connectivity index (χ1v) is 10.3. The van der Waals surface area contributed by atoms with Crippen molar-refractivity contribution in [2.75, 3.05) is 6.26 Å². The fourth-order valence-corrected chi connectivity index (χ4v) is 3.18. The summed E-state index contributed by atoms with van der Waals surface area (Å²) < 4.78 is 7.44. The lowest BCUT2D eigenvalue weighted by atomic mass is 10.2. The number of hydrazine groups is 1. The molecule has 150 valence electrons. The van der Waals surface area contributed by atoms with Crippen molar-refractivity contribution in [3.8, 4) is 11.4 Å². The SMILES string of the molecule is CSc1nccn1-c1cccc(C(=O)NNC(=O)c2ccc(OC(C)C)cc2)c1. The van der Waals surface area contributed by atoms with E-state index in [-0.39, 0.29) is 6.10 Å². The number of aromatic nitrogens is 2. The molecular formula is C21H22N4O3S. The Morgan fingerprint density at radius 2 is 1.72 bits per heavy atom. The highest BCUT2D eigenvalue weighted by Gasteiger charge is 2.11. The molecule has 2 amide bonds. The summed E-state index contributed by atoms with van der Waals surface area (Å²) in [5, 5.41) is 0.820. The third-order valence-electron chi connectivity index (χ3n) is 3.95. The Bertz CT molecular complexity index is 999. The molecule has 0 spiro atoms. The molecule has 0 aliphatic rings. The van der Waals surface area contributed by atoms with E-state index in [1.807, 2.05) is 36.9 Å². The number of imidazole rings is 1. The Balaban J connectivity index is 1.63. The first-order chi connectivity index (χ1) is 14.0. The Labute approximate surface area is 173 Å². The number of carbonyl (C=O) groups excluding carboxylic acids is 2. The Kier molecular flexibility index (Phi) is 6.56. The highest BCUT2D eigenvalue weighted by molar-refractivity contribution is 7.98. The number of hydrogen-bond donors (Lipinski definition) is 2. The zero-order valence-corrected chi connectivity index (χ0v) is 17.2. The number of thioether (sulfide) groups is 1. The highest BCUT2D eigenvalue weighted by Crippen LogP contribution is 2.19. The Morgan fingerprint density at radius 3 is 2.38 bits per heavy atom. The molecule has 0 bridgehead atoms. The van der Waals surface area contributed by atoms with Crippen molar-refractivity contribution in [3.63, 3.8) is 0 Å². The molecule has 3 aromatic rings. The van der Waals surface area contributed by atoms with Gasteiger partial charge in [0.1, 0.15) is 5.75 Å². The second-order valence-corrected chi connectivity index (χ2v) is 7.21. The molecule has 1 heterocycles. The number of nitrogens with zero attached hydrogens (tertiary/aromatic N) is 2. The molecule has 1 aromatic heterocycles. The zero-order chi connectivity index (χ0) is 20.8. The predicted octanol–water partition coefficient (Wildman–Crippen LogP) is 3.46. The van der Waals surface area contributed by atoms with Gasteiger partial charge in [0.05, 0.1) is 6.10 Å². The Hall–Kier alpha value is -3.26. The topological polar surface area (TPSA) is 85.3 Å². The van der Waals surface area contributed by atoms with Crippen molar-refractivity contribution >= 4 is 23.6 Å². The minimum Gasteiger partial charge on any atom is -0.491 e. The van der Waals surface area contributed by atoms with Gasteiger partial charge in [-0.3, -0.25) is 25.0 Å². The van der Waals surface area contributed by atoms with E-state index < -0.39 is 11.8 Å². The normalized spacial score (nSPS) is 10.6. The molecule has 7 nitrogen and oxygen atoms in total. The second kappa shape index (κ2) is 9.29. The van der Waals surface area contributed by atoms with E-state index in [1.54, 1.807) is 48.7 Å². The fourth-order valence-electron chi connectivity index (χ4n) is 2.65. The minimum atomic E-state index is -0.412. The van der Waals surface area contributed by atoms with Gasteiger partial charge in [-0.1, -0.05) is 17.8 Å². The van der Waals surface area contributed by atoms with Gasteiger partial charge in [0, 0.05) is 29.2 Å². The monoisotopic (exact) mass is 410 g/mol. The third kappa shape index (κ3) is 5.17. The van der Waals surface area contributed by atoms with Gasteiger partial charge >= 0.3 is 0 Å². The molecule has 2 N–H and O–H groups in total. The van der Waals surface area contributed by atoms with Crippen LogP contribution in [0.1, 0.15) is 34.6 Å². The number of rotatable bonds is 6. The summed E-state index contributed by atoms with van der Waals surface area (Å²) in [6.45, 7) is 3.86. The van der Waals surface area contributed by atoms with E-state index in [4.69, 9.17) is 4.74 Å². The summed E-state index contributed by atoms with van der Waals surface area (Å²) in [5.74, 6) is -0.142. The summed E-state index contributed by atoms with van der Waals surface area (Å²) in [4.78, 5) is 29.0. The number of benzene rings is 2. The molecule has 0 aliphatic heterocycles. The van der Waals surface area contributed by atoms with Crippen LogP contribution in [0.15, 0.2) is 66.1 Å². The van der Waals surface area contributed by atoms with Crippen LogP contribution in [0.25, 0.3) is 5.69 Å². The average Bonchev–Trinajstić information content (AvgIpc) is 3.21. The predicted molar refractivity (Wildman–Crippen MR) is 112 cm³/mol. The summed E-state index contributed by atoms with van der Waals surface area (Å²) >= 11 is 1.51. The first kappa shape index (κ1) is 20.5. The van der Waals surface area contributed by atoms with Gasteiger partial charge in [0.2, 0.25) is 0 Å². The van der Waals surface area contributed by atoms with Gasteiger partial charge in [0.25, 0.3) is 11.8 Å². The standard InChI is InChI=1S/C21H22N4O3S/c1-14(2)28-18-9-7-15(8-10-18)19(26)23-24-20(27)16-5-4-6-17(13-16)25-12-11-22-21(25)29-3/h4-14H,1-3H3,(H,23,26)(H,24,27). The van der Waals surface area contributed by atoms with E-state index in [0.717, 1.165) is 10.8 Å². The molecular weight excluding hydrogens is 388 g/mol. The van der Waals surface area contributed by atoms with Crippen molar-refractivity contribution in [1.82, 2.24) is 20.4 Å². The van der Waals surface area contributed by atoms with Gasteiger partial charge in [-0.15, -0.1) is 0 Å². The van der Waals surface area contributed by atoms with Crippen molar-refractivity contribution in [2.24, 2.45) is 0 Å². The highest BCUT2D eigenvalue weighted by atomic mass is 32.2. The molecule has 0 saturated heterocycles. The smallest absolute Gasteiger partial charge is 0.269 e. The van der Waals surface area contributed by atoms with E-state index in [0.29, 0.717) is 16.9 Å². The van der Waals surface area contributed by atoms with Crippen LogP contribution >= 0.6 is 11.8 Å². The molecule has 0 radical (unpaired) electrons. The summed E-state index contributed by atoms with van der Waals surface area (Å²) in [6.07, 6.45) is 5.53. The summed E-state index contributed by atoms with van der Waals surface area (Å²) in [6, 6.07) is 13.8. The maximum atomic E-state index is 12.5. The molecule has 3 rings (SSSR count). The van der Waals surface area contributed by atoms with E-state index in [1.165, 1.54) is 11.8 Å². The van der Waals surface area contributed by atoms with Crippen molar-refractivity contribution in [3.05, 3.63) is 72.1 Å². The van der Waals surface area contributed by atoms with Crippen LogP contribution in [0.5, 0.6) is 5.75 Å². The van der Waals surface area contributed by atoms with Crippen LogP contribution in [0.3, 0.4) is 0 Å². The lowest BCUT2D eigenvalue weighted by Crippen LogP contribution is -2.41. The molecule has 0 saturated carbocycles. The lowest BCUT2D eigenvalue weighted by molar-refractivity contribution is 0.0846. The molecule has 0 unspecified atom stereocenters. The van der Waals surface area contributed by atoms with Gasteiger partial charge in [-0.05, 0) is 62.6 Å². The fraction of sp³-hybridized carbons (Fsp3) is 0.190. The molecule has 2 aromatic carbocycles. The minimum absolute atomic E-state index is 0.0547. The number of hydrogen-bond acceptors (Lipinski definition) is 5. The van der Waals surface area contributed by atoms with Gasteiger partial charge in [-0.2, -0.15) is 0 Å². The number of amides is 2. The van der Waals surface area contributed by atoms with Crippen LogP contribution in [0, 0.1) is 0 Å². The van der Waals surface area contributed by atoms with Crippen LogP contribution in [0.2, 0.25) is 0 Å². The first-order valence-electron chi connectivity index (χ1n) is 9.03. The maximum Gasteiger partial charge on any atom is 0.269 e. The molecule has 8 heteroatoms. The molecule has 29 heavy (non-hydrogen) atoms. The number of ether oxygens (including phenoxy) is 1. The lowest BCUT2D eigenvalue weighted by Gasteiger charge is -2.11. The third-order valence-corrected chi connectivity index (χ3v) is 4.62. The van der Waals surface area contributed by atoms with Gasteiger partial charge in [0.15, 0.2) is 5.16 Å². The Morgan fingerprint density at radius 1 is 1.03 bits per heavy atom. The molecule has 0 atom stereocenters. The van der Waals surface area contributed by atoms with Crippen LogP contribution in [-0.4, -0.2) is 33.7 Å². The zero-order valence-electron chi connectivity index (χ0n) is 16.4. The summed E-state index contributed by atoms with van der Waals surface area (Å²) in [7, 11) is 0. The van der Waals surface area contributed by atoms with E-state index in [2.05, 4.69) is 15.8 Å². The summed E-state index contributed by atoms with van der Waals surface area (Å²) in [5.41, 5.74) is 6.52. The van der Waals surface area contributed by atoms with E-state index >= 15 is 0 Å². The number of carbonyl (C=O) groups is 2. The van der Waals surface area contributed by atoms with Gasteiger partial charge in [-0.25, -0.2) is 4.98 Å². The number of nitrogens with one attached hydrogen (secondary N) is 2. The van der Waals surface area contributed by atoms with Crippen LogP contribution in [0.4, 0.5) is 0 Å². The second-order valence-electron chi connectivity index (χ2n) is 6.43. The van der Waals surface area contributed by atoms with Crippen molar-refractivity contribution in [1.29, 1.82) is 0 Å². The van der Waals surface area contributed by atoms with Crippen LogP contribution in [-0.2, 0) is 0 Å². The van der Waals surface area contributed by atoms with Gasteiger partial charge < -0.3 is 4.74 Å². The quantitative estimate of drug-likeness (QED) is 0.480. The maximum absolute atomic E-state index is 12.5. The van der Waals surface area contributed by atoms with E-state index in [9.17, 15) is 9.59 Å². The molecule has 0 aliphatic carbocycles. The largest absolute Gasteiger partial charge is 0.491 e. The molecule has 0 fully saturated rings. The van der Waals surface area contributed by atoms with Crippen molar-refractivity contribution < 1.29 is 14.3 Å². The van der Waals surface area contributed by atoms with Crippen LogP contribution < -0.4 is 15.6 Å².